The first-order valence-corrected chi connectivity index (χ1v) is 13.2. The number of nitrogens with zero attached hydrogens (tertiary/aromatic N) is 1. The molecule has 0 unspecified atom stereocenters. The molecule has 0 spiro atoms. The maximum absolute atomic E-state index is 2.42. The van der Waals surface area contributed by atoms with Crippen molar-refractivity contribution in [2.24, 2.45) is 0 Å². The van der Waals surface area contributed by atoms with Crippen molar-refractivity contribution in [3.63, 3.8) is 0 Å². The Hall–Kier alpha value is -3.34. The third-order valence-electron chi connectivity index (χ3n) is 7.13. The Bertz CT molecular complexity index is 1730. The van der Waals surface area contributed by atoms with E-state index in [0.29, 0.717) is 6.71 Å². The summed E-state index contributed by atoms with van der Waals surface area (Å²) in [6, 6.07) is 40.3. The fraction of sp³-hybridized carbons (Fsp3) is 0. The van der Waals surface area contributed by atoms with E-state index >= 15 is 0 Å². The van der Waals surface area contributed by atoms with Crippen LogP contribution in [-0.2, 0) is 0 Å². The van der Waals surface area contributed by atoms with E-state index in [0.717, 1.165) is 0 Å². The van der Waals surface area contributed by atoms with Crippen LogP contribution in [0.25, 0.3) is 27.5 Å². The van der Waals surface area contributed by atoms with Gasteiger partial charge in [0.05, 0.1) is 11.0 Å². The minimum atomic E-state index is 0.298. The van der Waals surface area contributed by atoms with E-state index in [9.17, 15) is 0 Å². The zero-order chi connectivity index (χ0) is 22.2. The summed E-state index contributed by atoms with van der Waals surface area (Å²) in [6.45, 7) is 0.298. The third kappa shape index (κ3) is 2.55. The van der Waals surface area contributed by atoms with Crippen LogP contribution in [-0.4, -0.2) is 11.3 Å². The Balaban J connectivity index is 1.39. The van der Waals surface area contributed by atoms with Gasteiger partial charge >= 0.3 is 0 Å². The number of hydrogen-bond donors (Lipinski definition) is 0. The van der Waals surface area contributed by atoms with Gasteiger partial charge in [-0.05, 0) is 47.9 Å². The predicted octanol–water partition coefficient (Wildman–Crippen LogP) is 6.23. The molecule has 0 saturated carbocycles. The molecule has 0 atom stereocenters. The normalized spacial score (nSPS) is 13.6. The van der Waals surface area contributed by atoms with Crippen molar-refractivity contribution in [1.82, 2.24) is 4.57 Å². The van der Waals surface area contributed by atoms with Crippen molar-refractivity contribution in [1.29, 1.82) is 0 Å². The van der Waals surface area contributed by atoms with Crippen LogP contribution in [0.5, 0.6) is 0 Å². The van der Waals surface area contributed by atoms with Gasteiger partial charge in [-0.25, -0.2) is 0 Å². The SMILES string of the molecule is c1ccc2c(c1)Sc1cccc3c1B2c1ccc(-n2c4ccccc4c4ccccc42)cc1S3. The molecule has 1 nitrogen and oxygen atoms in total. The Morgan fingerprint density at radius 1 is 0.500 bits per heavy atom. The van der Waals surface area contributed by atoms with Crippen molar-refractivity contribution < 1.29 is 0 Å². The Kier molecular flexibility index (Phi) is 3.96. The van der Waals surface area contributed by atoms with Gasteiger partial charge in [-0.2, -0.15) is 0 Å². The molecule has 34 heavy (non-hydrogen) atoms. The van der Waals surface area contributed by atoms with Gasteiger partial charge < -0.3 is 4.57 Å². The molecule has 0 fully saturated rings. The summed E-state index contributed by atoms with van der Waals surface area (Å²) < 4.78 is 2.42. The van der Waals surface area contributed by atoms with Crippen LogP contribution in [0.4, 0.5) is 0 Å². The van der Waals surface area contributed by atoms with Gasteiger partial charge in [-0.3, -0.25) is 0 Å². The first-order valence-electron chi connectivity index (χ1n) is 11.6. The quantitative estimate of drug-likeness (QED) is 0.264. The van der Waals surface area contributed by atoms with Crippen molar-refractivity contribution in [2.45, 2.75) is 19.6 Å². The Morgan fingerprint density at radius 2 is 1.09 bits per heavy atom. The molecule has 0 radical (unpaired) electrons. The van der Waals surface area contributed by atoms with E-state index in [2.05, 4.69) is 114 Å². The standard InChI is InChI=1S/C30H18BNS2/c1-4-11-24-20(8-1)21-9-2-5-12-25(21)32(24)19-16-17-23-29(18-19)34-28-15-7-14-27-30(28)31(23)22-10-3-6-13-26(22)33-27/h1-18H. The Labute approximate surface area is 206 Å². The molecule has 6 aromatic rings. The lowest BCUT2D eigenvalue weighted by molar-refractivity contribution is 1.16. The lowest BCUT2D eigenvalue weighted by atomic mass is 9.36. The molecule has 3 heterocycles. The number of fused-ring (bicyclic) bond motifs is 7. The number of hydrogen-bond acceptors (Lipinski definition) is 2. The highest BCUT2D eigenvalue weighted by atomic mass is 32.2. The van der Waals surface area contributed by atoms with Crippen LogP contribution in [0.15, 0.2) is 129 Å². The minimum Gasteiger partial charge on any atom is -0.309 e. The van der Waals surface area contributed by atoms with Crippen molar-refractivity contribution in [3.8, 4) is 5.69 Å². The smallest absolute Gasteiger partial charge is 0.247 e. The fourth-order valence-corrected chi connectivity index (χ4v) is 8.14. The second-order valence-electron chi connectivity index (χ2n) is 8.93. The van der Waals surface area contributed by atoms with Crippen LogP contribution in [0, 0.1) is 0 Å². The van der Waals surface area contributed by atoms with Crippen LogP contribution >= 0.6 is 23.5 Å². The monoisotopic (exact) mass is 467 g/mol. The summed E-state index contributed by atoms with van der Waals surface area (Å²) in [5.41, 5.74) is 8.06. The lowest BCUT2D eigenvalue weighted by Crippen LogP contribution is -2.57. The van der Waals surface area contributed by atoms with E-state index in [4.69, 9.17) is 0 Å². The number of benzene rings is 5. The van der Waals surface area contributed by atoms with Gasteiger partial charge in [0.1, 0.15) is 0 Å². The lowest BCUT2D eigenvalue weighted by Gasteiger charge is -2.32. The molecule has 5 aromatic carbocycles. The summed E-state index contributed by atoms with van der Waals surface area (Å²) in [4.78, 5) is 5.51. The van der Waals surface area contributed by atoms with E-state index in [1.165, 1.54) is 63.5 Å². The summed E-state index contributed by atoms with van der Waals surface area (Å²) >= 11 is 3.83. The van der Waals surface area contributed by atoms with E-state index in [1.54, 1.807) is 0 Å². The topological polar surface area (TPSA) is 4.93 Å². The van der Waals surface area contributed by atoms with Crippen molar-refractivity contribution >= 4 is 68.4 Å². The summed E-state index contributed by atoms with van der Waals surface area (Å²) in [6.07, 6.45) is 0. The molecule has 1 aromatic heterocycles. The largest absolute Gasteiger partial charge is 0.309 e. The molecule has 0 aliphatic carbocycles. The second kappa shape index (κ2) is 7.08. The molecule has 0 N–H and O–H groups in total. The first-order chi connectivity index (χ1) is 16.9. The maximum Gasteiger partial charge on any atom is 0.247 e. The van der Waals surface area contributed by atoms with E-state index in [-0.39, 0.29) is 0 Å². The van der Waals surface area contributed by atoms with E-state index in [1.807, 2.05) is 23.5 Å². The molecule has 2 aliphatic heterocycles. The maximum atomic E-state index is 2.42. The average Bonchev–Trinajstić information content (AvgIpc) is 3.23. The average molecular weight is 467 g/mol. The Morgan fingerprint density at radius 3 is 1.85 bits per heavy atom. The predicted molar refractivity (Wildman–Crippen MR) is 147 cm³/mol. The molecular weight excluding hydrogens is 449 g/mol. The third-order valence-corrected chi connectivity index (χ3v) is 9.45. The first kappa shape index (κ1) is 19.0. The minimum absolute atomic E-state index is 0.298. The zero-order valence-corrected chi connectivity index (χ0v) is 19.9. The summed E-state index contributed by atoms with van der Waals surface area (Å²) in [7, 11) is 0. The second-order valence-corrected chi connectivity index (χ2v) is 11.1. The highest BCUT2D eigenvalue weighted by Gasteiger charge is 2.37. The molecule has 2 aliphatic rings. The molecule has 8 rings (SSSR count). The molecule has 158 valence electrons. The fourth-order valence-electron chi connectivity index (χ4n) is 5.70. The van der Waals surface area contributed by atoms with Gasteiger partial charge in [-0.1, -0.05) is 101 Å². The molecule has 0 amide bonds. The highest BCUT2D eigenvalue weighted by Crippen LogP contribution is 2.39. The van der Waals surface area contributed by atoms with E-state index < -0.39 is 0 Å². The summed E-state index contributed by atoms with van der Waals surface area (Å²) in [5, 5.41) is 2.60. The van der Waals surface area contributed by atoms with Gasteiger partial charge in [0.2, 0.25) is 6.71 Å². The van der Waals surface area contributed by atoms with Gasteiger partial charge in [0.25, 0.3) is 0 Å². The van der Waals surface area contributed by atoms with Crippen molar-refractivity contribution in [3.05, 3.63) is 109 Å². The van der Waals surface area contributed by atoms with Crippen LogP contribution in [0.3, 0.4) is 0 Å². The van der Waals surface area contributed by atoms with Crippen LogP contribution < -0.4 is 16.4 Å². The van der Waals surface area contributed by atoms with Gasteiger partial charge in [0.15, 0.2) is 0 Å². The summed E-state index contributed by atoms with van der Waals surface area (Å²) in [5.74, 6) is 0. The number of para-hydroxylation sites is 2. The molecule has 0 saturated heterocycles. The van der Waals surface area contributed by atoms with Crippen LogP contribution in [0.1, 0.15) is 0 Å². The molecular formula is C30H18BNS2. The number of rotatable bonds is 1. The number of aromatic nitrogens is 1. The van der Waals surface area contributed by atoms with Gasteiger partial charge in [0, 0.05) is 36.0 Å². The van der Waals surface area contributed by atoms with Gasteiger partial charge in [-0.15, -0.1) is 0 Å². The molecule has 4 heteroatoms. The van der Waals surface area contributed by atoms with Crippen LogP contribution in [0.2, 0.25) is 0 Å². The molecule has 0 bridgehead atoms. The highest BCUT2D eigenvalue weighted by molar-refractivity contribution is 8.01. The van der Waals surface area contributed by atoms with Crippen molar-refractivity contribution in [2.75, 3.05) is 0 Å². The zero-order valence-electron chi connectivity index (χ0n) is 18.2.